The number of hydrogen-bond acceptors (Lipinski definition) is 2. The topological polar surface area (TPSA) is 78.4 Å². The van der Waals surface area contributed by atoms with Gasteiger partial charge in [-0.3, -0.25) is 0 Å². The molecule has 3 N–H and O–H groups in total. The second-order valence-electron chi connectivity index (χ2n) is 4.25. The zero-order chi connectivity index (χ0) is 14.8. The Labute approximate surface area is 116 Å². The maximum atomic E-state index is 13.4. The van der Waals surface area contributed by atoms with Crippen LogP contribution in [0.2, 0.25) is 0 Å². The van der Waals surface area contributed by atoms with Crippen LogP contribution in [0, 0.1) is 11.6 Å². The van der Waals surface area contributed by atoms with Crippen molar-refractivity contribution in [3.8, 4) is 0 Å². The second-order valence-corrected chi connectivity index (χ2v) is 5.17. The number of hydrogen-bond donors (Lipinski definition) is 3. The van der Waals surface area contributed by atoms with Gasteiger partial charge in [0.1, 0.15) is 11.2 Å². The van der Waals surface area contributed by atoms with Crippen LogP contribution in [0.5, 0.6) is 0 Å². The van der Waals surface area contributed by atoms with Gasteiger partial charge in [-0.05, 0) is 26.0 Å². The van der Waals surface area contributed by atoms with E-state index in [1.165, 1.54) is 13.8 Å². The summed E-state index contributed by atoms with van der Waals surface area (Å²) in [6.45, 7) is 2.48. The summed E-state index contributed by atoms with van der Waals surface area (Å²) in [5.74, 6) is -3.23. The van der Waals surface area contributed by atoms with E-state index in [-0.39, 0.29) is 4.47 Å². The van der Waals surface area contributed by atoms with Crippen LogP contribution in [0.25, 0.3) is 0 Å². The molecule has 0 fully saturated rings. The van der Waals surface area contributed by atoms with Gasteiger partial charge in [0.2, 0.25) is 0 Å². The minimum atomic E-state index is -1.56. The fourth-order valence-electron chi connectivity index (χ4n) is 1.14. The van der Waals surface area contributed by atoms with E-state index < -0.39 is 34.9 Å². The average Bonchev–Trinajstić information content (AvgIpc) is 2.22. The van der Waals surface area contributed by atoms with Crippen molar-refractivity contribution in [2.75, 3.05) is 5.32 Å². The van der Waals surface area contributed by atoms with Crippen molar-refractivity contribution < 1.29 is 23.5 Å². The van der Waals surface area contributed by atoms with Crippen LogP contribution in [0.15, 0.2) is 16.6 Å². The number of carbonyl (C=O) groups is 2. The van der Waals surface area contributed by atoms with Gasteiger partial charge in [-0.1, -0.05) is 15.9 Å². The molecule has 0 heterocycles. The van der Waals surface area contributed by atoms with Crippen molar-refractivity contribution in [2.45, 2.75) is 19.4 Å². The molecule has 1 aromatic carbocycles. The van der Waals surface area contributed by atoms with Crippen LogP contribution in [-0.2, 0) is 4.79 Å². The van der Waals surface area contributed by atoms with Crippen molar-refractivity contribution in [1.29, 1.82) is 0 Å². The molecule has 104 valence electrons. The van der Waals surface area contributed by atoms with Crippen LogP contribution >= 0.6 is 15.9 Å². The lowest BCUT2D eigenvalue weighted by atomic mass is 10.1. The molecule has 0 unspecified atom stereocenters. The highest BCUT2D eigenvalue weighted by molar-refractivity contribution is 9.10. The third kappa shape index (κ3) is 3.88. The van der Waals surface area contributed by atoms with E-state index in [1.807, 2.05) is 5.32 Å². The fourth-order valence-corrected chi connectivity index (χ4v) is 1.55. The lowest BCUT2D eigenvalue weighted by molar-refractivity contribution is -0.142. The molecule has 0 aliphatic rings. The van der Waals surface area contributed by atoms with Gasteiger partial charge >= 0.3 is 12.0 Å². The molecular weight excluding hydrogens is 326 g/mol. The van der Waals surface area contributed by atoms with E-state index in [2.05, 4.69) is 21.2 Å². The normalized spacial score (nSPS) is 11.0. The number of urea groups is 1. The molecule has 5 nitrogen and oxygen atoms in total. The third-order valence-corrected chi connectivity index (χ3v) is 2.66. The minimum Gasteiger partial charge on any atom is -0.480 e. The standard InChI is InChI=1S/C11H11BrF2N2O3/c1-11(2,9(17)18)16-10(19)15-8-6(13)3-5(12)4-7(8)14/h3-4H,1-2H3,(H,17,18)(H2,15,16,19). The number of anilines is 1. The molecule has 0 spiro atoms. The first kappa shape index (κ1) is 15.4. The van der Waals surface area contributed by atoms with Crippen LogP contribution in [0.1, 0.15) is 13.8 Å². The Hall–Kier alpha value is -1.70. The van der Waals surface area contributed by atoms with Crippen molar-refractivity contribution >= 4 is 33.6 Å². The molecular formula is C11H11BrF2N2O3. The number of benzene rings is 1. The molecule has 0 aliphatic heterocycles. The second kappa shape index (κ2) is 5.52. The van der Waals surface area contributed by atoms with E-state index in [0.29, 0.717) is 0 Å². The maximum Gasteiger partial charge on any atom is 0.328 e. The first-order valence-corrected chi connectivity index (χ1v) is 5.90. The molecule has 0 saturated carbocycles. The number of nitrogens with one attached hydrogen (secondary N) is 2. The molecule has 2 amide bonds. The summed E-state index contributed by atoms with van der Waals surface area (Å²) in [4.78, 5) is 22.3. The molecule has 0 aromatic heterocycles. The van der Waals surface area contributed by atoms with Crippen molar-refractivity contribution in [3.05, 3.63) is 28.2 Å². The number of halogens is 3. The zero-order valence-corrected chi connectivity index (χ0v) is 11.6. The highest BCUT2D eigenvalue weighted by atomic mass is 79.9. The van der Waals surface area contributed by atoms with E-state index in [0.717, 1.165) is 12.1 Å². The Morgan fingerprint density at radius 1 is 1.26 bits per heavy atom. The Bertz CT molecular complexity index is 512. The highest BCUT2D eigenvalue weighted by Gasteiger charge is 2.29. The first-order valence-electron chi connectivity index (χ1n) is 5.10. The van der Waals surface area contributed by atoms with Crippen molar-refractivity contribution in [1.82, 2.24) is 5.32 Å². The summed E-state index contributed by atoms with van der Waals surface area (Å²) < 4.78 is 27.0. The quantitative estimate of drug-likeness (QED) is 0.794. The number of aliphatic carboxylic acids is 1. The van der Waals surface area contributed by atoms with Gasteiger partial charge in [-0.2, -0.15) is 0 Å². The molecule has 0 atom stereocenters. The SMILES string of the molecule is CC(C)(NC(=O)Nc1c(F)cc(Br)cc1F)C(=O)O. The van der Waals surface area contributed by atoms with Crippen molar-refractivity contribution in [2.24, 2.45) is 0 Å². The van der Waals surface area contributed by atoms with Gasteiger partial charge in [0.05, 0.1) is 0 Å². The lowest BCUT2D eigenvalue weighted by Crippen LogP contribution is -2.51. The zero-order valence-electron chi connectivity index (χ0n) is 10.1. The van der Waals surface area contributed by atoms with Gasteiger partial charge in [0.25, 0.3) is 0 Å². The van der Waals surface area contributed by atoms with Gasteiger partial charge < -0.3 is 15.7 Å². The van der Waals surface area contributed by atoms with Crippen LogP contribution < -0.4 is 10.6 Å². The van der Waals surface area contributed by atoms with Gasteiger partial charge in [0.15, 0.2) is 11.6 Å². The first-order chi connectivity index (χ1) is 8.63. The Balaban J connectivity index is 2.87. The van der Waals surface area contributed by atoms with E-state index in [1.54, 1.807) is 0 Å². The van der Waals surface area contributed by atoms with Gasteiger partial charge in [0, 0.05) is 4.47 Å². The number of carbonyl (C=O) groups excluding carboxylic acids is 1. The summed E-state index contributed by atoms with van der Waals surface area (Å²) in [6, 6.07) is 0.926. The molecule has 19 heavy (non-hydrogen) atoms. The largest absolute Gasteiger partial charge is 0.480 e. The Morgan fingerprint density at radius 2 is 1.74 bits per heavy atom. The number of amides is 2. The predicted octanol–water partition coefficient (Wildman–Crippen LogP) is 2.71. The maximum absolute atomic E-state index is 13.4. The Kier molecular flexibility index (Phi) is 4.46. The number of carboxylic acids is 1. The molecule has 1 aromatic rings. The summed E-state index contributed by atoms with van der Waals surface area (Å²) in [7, 11) is 0. The van der Waals surface area contributed by atoms with Crippen LogP contribution in [-0.4, -0.2) is 22.6 Å². The number of carboxylic acid groups (broad SMARTS) is 1. The molecule has 0 saturated heterocycles. The number of rotatable bonds is 3. The molecule has 0 bridgehead atoms. The molecule has 1 rings (SSSR count). The summed E-state index contributed by atoms with van der Waals surface area (Å²) >= 11 is 2.90. The van der Waals surface area contributed by atoms with E-state index in [4.69, 9.17) is 5.11 Å². The Morgan fingerprint density at radius 3 is 2.16 bits per heavy atom. The summed E-state index contributed by atoms with van der Waals surface area (Å²) in [5.41, 5.74) is -2.21. The van der Waals surface area contributed by atoms with E-state index in [9.17, 15) is 18.4 Å². The van der Waals surface area contributed by atoms with Crippen LogP contribution in [0.4, 0.5) is 19.3 Å². The predicted molar refractivity (Wildman–Crippen MR) is 67.9 cm³/mol. The fraction of sp³-hybridized carbons (Fsp3) is 0.273. The smallest absolute Gasteiger partial charge is 0.328 e. The average molecular weight is 337 g/mol. The van der Waals surface area contributed by atoms with Crippen LogP contribution in [0.3, 0.4) is 0 Å². The third-order valence-electron chi connectivity index (χ3n) is 2.21. The minimum absolute atomic E-state index is 0.180. The van der Waals surface area contributed by atoms with Gasteiger partial charge in [-0.25, -0.2) is 18.4 Å². The summed E-state index contributed by atoms with van der Waals surface area (Å²) in [6.07, 6.45) is 0. The monoisotopic (exact) mass is 336 g/mol. The summed E-state index contributed by atoms with van der Waals surface area (Å²) in [5, 5.41) is 12.8. The molecule has 8 heteroatoms. The lowest BCUT2D eigenvalue weighted by Gasteiger charge is -2.21. The highest BCUT2D eigenvalue weighted by Crippen LogP contribution is 2.23. The van der Waals surface area contributed by atoms with Crippen molar-refractivity contribution in [3.63, 3.8) is 0 Å². The molecule has 0 aliphatic carbocycles. The van der Waals surface area contributed by atoms with E-state index >= 15 is 0 Å². The van der Waals surface area contributed by atoms with Gasteiger partial charge in [-0.15, -0.1) is 0 Å². The molecule has 0 radical (unpaired) electrons.